The zero-order valence-corrected chi connectivity index (χ0v) is 18.8. The van der Waals surface area contributed by atoms with Crippen molar-refractivity contribution in [3.8, 4) is 0 Å². The number of hydrogen-bond donors (Lipinski definition) is 0. The summed E-state index contributed by atoms with van der Waals surface area (Å²) in [6.07, 6.45) is 0.788. The summed E-state index contributed by atoms with van der Waals surface area (Å²) in [5.41, 5.74) is 1.58. The van der Waals surface area contributed by atoms with Gasteiger partial charge >= 0.3 is 0 Å². The van der Waals surface area contributed by atoms with E-state index in [9.17, 15) is 12.8 Å². The molecule has 8 heteroatoms. The molecule has 0 radical (unpaired) electrons. The summed E-state index contributed by atoms with van der Waals surface area (Å²) in [7, 11) is -0.346. The molecule has 1 fully saturated rings. The van der Waals surface area contributed by atoms with Crippen LogP contribution in [0.4, 0.5) is 10.1 Å². The molecular formula is C23H29FN2O4S. The molecule has 6 nitrogen and oxygen atoms in total. The van der Waals surface area contributed by atoms with Crippen molar-refractivity contribution in [2.75, 3.05) is 51.8 Å². The van der Waals surface area contributed by atoms with Gasteiger partial charge < -0.3 is 14.4 Å². The molecule has 0 aromatic heterocycles. The molecule has 168 valence electrons. The Kier molecular flexibility index (Phi) is 6.35. The Morgan fingerprint density at radius 1 is 1.00 bits per heavy atom. The first-order chi connectivity index (χ1) is 14.9. The van der Waals surface area contributed by atoms with Gasteiger partial charge in [0.25, 0.3) is 0 Å². The second kappa shape index (κ2) is 8.86. The van der Waals surface area contributed by atoms with Crippen LogP contribution in [0.5, 0.6) is 0 Å². The molecule has 0 aliphatic carbocycles. The largest absolute Gasteiger partial charge is 0.369 e. The number of fused-ring (bicyclic) bond motifs is 1. The van der Waals surface area contributed by atoms with Crippen molar-refractivity contribution < 1.29 is 22.3 Å². The smallest absolute Gasteiger partial charge is 0.196 e. The topological polar surface area (TPSA) is 59.1 Å². The van der Waals surface area contributed by atoms with Crippen LogP contribution in [0.15, 0.2) is 53.4 Å². The Bertz CT molecular complexity index is 1000. The number of sulfone groups is 1. The highest BCUT2D eigenvalue weighted by Gasteiger charge is 2.48. The fourth-order valence-electron chi connectivity index (χ4n) is 4.66. The van der Waals surface area contributed by atoms with Gasteiger partial charge in [0.2, 0.25) is 0 Å². The molecule has 0 bridgehead atoms. The van der Waals surface area contributed by atoms with E-state index in [2.05, 4.69) is 9.80 Å². The second-order valence-corrected chi connectivity index (χ2v) is 10.3. The molecule has 1 atom stereocenters. The van der Waals surface area contributed by atoms with Crippen molar-refractivity contribution in [3.63, 3.8) is 0 Å². The zero-order valence-electron chi connectivity index (χ0n) is 18.0. The van der Waals surface area contributed by atoms with Gasteiger partial charge in [0.15, 0.2) is 15.6 Å². The first kappa shape index (κ1) is 22.2. The third-order valence-corrected chi connectivity index (χ3v) is 8.78. The molecule has 4 rings (SSSR count). The summed E-state index contributed by atoms with van der Waals surface area (Å²) in [5.74, 6) is -1.28. The maximum Gasteiger partial charge on any atom is 0.196 e. The van der Waals surface area contributed by atoms with Crippen LogP contribution in [0.25, 0.3) is 0 Å². The van der Waals surface area contributed by atoms with Crippen LogP contribution in [0, 0.1) is 5.82 Å². The van der Waals surface area contributed by atoms with Crippen LogP contribution >= 0.6 is 0 Å². The van der Waals surface area contributed by atoms with E-state index >= 15 is 0 Å². The molecule has 2 heterocycles. The van der Waals surface area contributed by atoms with Gasteiger partial charge in [-0.05, 0) is 43.3 Å². The third-order valence-electron chi connectivity index (χ3n) is 6.53. The van der Waals surface area contributed by atoms with Crippen molar-refractivity contribution in [2.24, 2.45) is 0 Å². The standard InChI is InChI=1S/C23H29FN2O4S/c1-29-23(30-2)17-20(31(27,28)22-6-4-3-5-21(22)23)11-12-25-13-15-26(16-14-25)19-9-7-18(24)8-10-19/h3-10,20H,11-17H2,1-2H3. The number of ether oxygens (including phenoxy) is 2. The van der Waals surface area contributed by atoms with Crippen LogP contribution in [0.1, 0.15) is 18.4 Å². The van der Waals surface area contributed by atoms with Gasteiger partial charge in [-0.2, -0.15) is 0 Å². The second-order valence-electron chi connectivity index (χ2n) is 8.12. The molecule has 1 unspecified atom stereocenters. The summed E-state index contributed by atoms with van der Waals surface area (Å²) in [4.78, 5) is 4.82. The van der Waals surface area contributed by atoms with Gasteiger partial charge in [-0.1, -0.05) is 18.2 Å². The van der Waals surface area contributed by atoms with Crippen molar-refractivity contribution in [3.05, 3.63) is 59.9 Å². The highest BCUT2D eigenvalue weighted by molar-refractivity contribution is 7.92. The molecule has 31 heavy (non-hydrogen) atoms. The Labute approximate surface area is 183 Å². The van der Waals surface area contributed by atoms with Crippen LogP contribution in [-0.4, -0.2) is 65.5 Å². The summed E-state index contributed by atoms with van der Waals surface area (Å²) in [5, 5.41) is -0.572. The maximum atomic E-state index is 13.3. The Morgan fingerprint density at radius 2 is 1.65 bits per heavy atom. The fourth-order valence-corrected chi connectivity index (χ4v) is 6.68. The predicted molar refractivity (Wildman–Crippen MR) is 117 cm³/mol. The highest BCUT2D eigenvalue weighted by Crippen LogP contribution is 2.44. The molecule has 2 aliphatic heterocycles. The van der Waals surface area contributed by atoms with E-state index in [1.807, 2.05) is 6.07 Å². The molecule has 2 aromatic carbocycles. The van der Waals surface area contributed by atoms with Crippen molar-refractivity contribution in [1.29, 1.82) is 0 Å². The van der Waals surface area contributed by atoms with Gasteiger partial charge in [-0.3, -0.25) is 4.90 Å². The van der Waals surface area contributed by atoms with Gasteiger partial charge in [0.1, 0.15) is 5.82 Å². The van der Waals surface area contributed by atoms with Gasteiger partial charge in [0, 0.05) is 58.1 Å². The zero-order chi connectivity index (χ0) is 22.1. The number of methoxy groups -OCH3 is 2. The van der Waals surface area contributed by atoms with Gasteiger partial charge in [-0.25, -0.2) is 12.8 Å². The minimum Gasteiger partial charge on any atom is -0.369 e. The number of anilines is 1. The Hall–Kier alpha value is -2.00. The Morgan fingerprint density at radius 3 is 2.29 bits per heavy atom. The highest BCUT2D eigenvalue weighted by atomic mass is 32.2. The maximum absolute atomic E-state index is 13.3. The van der Waals surface area contributed by atoms with Crippen LogP contribution in [0.3, 0.4) is 0 Å². The van der Waals surface area contributed by atoms with E-state index in [4.69, 9.17) is 9.47 Å². The minimum atomic E-state index is -3.47. The summed E-state index contributed by atoms with van der Waals surface area (Å²) in [6, 6.07) is 13.5. The lowest BCUT2D eigenvalue weighted by Gasteiger charge is -2.41. The number of nitrogens with zero attached hydrogens (tertiary/aromatic N) is 2. The molecule has 0 spiro atoms. The SMILES string of the molecule is COC1(OC)CC(CCN2CCN(c3ccc(F)cc3)CC2)S(=O)(=O)c2ccccc21. The van der Waals surface area contributed by atoms with Crippen LogP contribution < -0.4 is 4.90 Å². The van der Waals surface area contributed by atoms with Crippen LogP contribution in [-0.2, 0) is 25.1 Å². The fraction of sp³-hybridized carbons (Fsp3) is 0.478. The number of rotatable bonds is 6. The molecule has 1 saturated heterocycles. The van der Waals surface area contributed by atoms with Crippen molar-refractivity contribution in [2.45, 2.75) is 28.8 Å². The molecule has 2 aliphatic rings. The first-order valence-electron chi connectivity index (χ1n) is 10.6. The first-order valence-corrected chi connectivity index (χ1v) is 12.1. The number of piperazine rings is 1. The quantitative estimate of drug-likeness (QED) is 0.633. The lowest BCUT2D eigenvalue weighted by atomic mass is 9.97. The number of halogens is 1. The lowest BCUT2D eigenvalue weighted by Crippen LogP contribution is -2.48. The van der Waals surface area contributed by atoms with Crippen molar-refractivity contribution in [1.82, 2.24) is 4.90 Å². The van der Waals surface area contributed by atoms with E-state index in [-0.39, 0.29) is 12.2 Å². The monoisotopic (exact) mass is 448 g/mol. The minimum absolute atomic E-state index is 0.235. The van der Waals surface area contributed by atoms with Gasteiger partial charge in [0.05, 0.1) is 10.1 Å². The number of benzene rings is 2. The van der Waals surface area contributed by atoms with E-state index in [0.717, 1.165) is 31.9 Å². The third kappa shape index (κ3) is 4.22. The summed E-state index contributed by atoms with van der Waals surface area (Å²) < 4.78 is 51.2. The van der Waals surface area contributed by atoms with Crippen molar-refractivity contribution >= 4 is 15.5 Å². The summed E-state index contributed by atoms with van der Waals surface area (Å²) in [6.45, 7) is 4.01. The predicted octanol–water partition coefficient (Wildman–Crippen LogP) is 3.03. The Balaban J connectivity index is 1.42. The lowest BCUT2D eigenvalue weighted by molar-refractivity contribution is -0.223. The molecule has 0 saturated carbocycles. The van der Waals surface area contributed by atoms with Gasteiger partial charge in [-0.15, -0.1) is 0 Å². The molecule has 2 aromatic rings. The van der Waals surface area contributed by atoms with E-state index in [1.54, 1.807) is 44.6 Å². The number of hydrogen-bond acceptors (Lipinski definition) is 6. The average Bonchev–Trinajstić information content (AvgIpc) is 2.80. The molecular weight excluding hydrogens is 419 g/mol. The van der Waals surface area contributed by atoms with E-state index < -0.39 is 20.9 Å². The van der Waals surface area contributed by atoms with E-state index in [0.29, 0.717) is 23.4 Å². The summed E-state index contributed by atoms with van der Waals surface area (Å²) >= 11 is 0. The molecule has 0 amide bonds. The van der Waals surface area contributed by atoms with E-state index in [1.165, 1.54) is 12.1 Å². The normalized spacial score (nSPS) is 22.8. The average molecular weight is 449 g/mol. The van der Waals surface area contributed by atoms with Crippen LogP contribution in [0.2, 0.25) is 0 Å². The molecule has 0 N–H and O–H groups in total.